The van der Waals surface area contributed by atoms with E-state index in [1.807, 2.05) is 0 Å². The molecule has 1 aromatic carbocycles. The Morgan fingerprint density at radius 3 is 2.00 bits per heavy atom. The Morgan fingerprint density at radius 2 is 1.44 bits per heavy atom. The maximum absolute atomic E-state index is 12.0. The predicted molar refractivity (Wildman–Crippen MR) is 99.7 cm³/mol. The molecule has 0 aliphatic carbocycles. The molecule has 0 heterocycles. The molecule has 0 unspecified atom stereocenters. The predicted octanol–water partition coefficient (Wildman–Crippen LogP) is 5.01. The molecule has 0 saturated heterocycles. The van der Waals surface area contributed by atoms with Crippen LogP contribution < -0.4 is 4.18 Å². The molecule has 5 nitrogen and oxygen atoms in total. The first-order valence-electron chi connectivity index (χ1n) is 9.20. The van der Waals surface area contributed by atoms with Gasteiger partial charge in [0.05, 0.1) is 5.75 Å². The lowest BCUT2D eigenvalue weighted by atomic mass is 10.1. The Kier molecular flexibility index (Phi) is 10.2. The highest BCUT2D eigenvalue weighted by molar-refractivity contribution is 7.87. The first-order chi connectivity index (χ1) is 12.0. The van der Waals surface area contributed by atoms with Gasteiger partial charge < -0.3 is 9.29 Å². The second kappa shape index (κ2) is 11.9. The lowest BCUT2D eigenvalue weighted by Crippen LogP contribution is -2.15. The van der Waals surface area contributed by atoms with Crippen LogP contribution >= 0.6 is 0 Å². The molecule has 0 aliphatic heterocycles. The number of carboxylic acids is 1. The van der Waals surface area contributed by atoms with Crippen molar-refractivity contribution in [1.82, 2.24) is 0 Å². The molecule has 0 aliphatic rings. The largest absolute Gasteiger partial charge is 0.478 e. The quantitative estimate of drug-likeness (QED) is 0.367. The third-order valence-corrected chi connectivity index (χ3v) is 5.30. The molecule has 0 fully saturated rings. The Hall–Kier alpha value is -1.56. The van der Waals surface area contributed by atoms with Crippen molar-refractivity contribution >= 4 is 16.1 Å². The SMILES string of the molecule is CCCCCCCCCCCCS(=O)(=O)Oc1ccccc1C(=O)O. The van der Waals surface area contributed by atoms with Crippen LogP contribution in [0, 0.1) is 0 Å². The van der Waals surface area contributed by atoms with Gasteiger partial charge in [0.1, 0.15) is 5.56 Å². The number of rotatable bonds is 14. The van der Waals surface area contributed by atoms with Crippen LogP contribution in [0.4, 0.5) is 0 Å². The molecule has 0 atom stereocenters. The van der Waals surface area contributed by atoms with Crippen LogP contribution in [0.2, 0.25) is 0 Å². The average Bonchev–Trinajstić information content (AvgIpc) is 2.56. The third-order valence-electron chi connectivity index (χ3n) is 4.08. The number of carbonyl (C=O) groups is 1. The van der Waals surface area contributed by atoms with Crippen LogP contribution in [0.25, 0.3) is 0 Å². The Labute approximate surface area is 151 Å². The van der Waals surface area contributed by atoms with Crippen LogP contribution in [0.5, 0.6) is 5.75 Å². The second-order valence-corrected chi connectivity index (χ2v) is 8.02. The highest BCUT2D eigenvalue weighted by Gasteiger charge is 2.17. The minimum atomic E-state index is -3.76. The number of aromatic carboxylic acids is 1. The number of benzene rings is 1. The van der Waals surface area contributed by atoms with Gasteiger partial charge in [-0.15, -0.1) is 0 Å². The smallest absolute Gasteiger partial charge is 0.339 e. The molecule has 0 bridgehead atoms. The summed E-state index contributed by atoms with van der Waals surface area (Å²) in [5, 5.41) is 9.05. The molecular weight excluding hydrogens is 340 g/mol. The van der Waals surface area contributed by atoms with E-state index in [2.05, 4.69) is 6.92 Å². The summed E-state index contributed by atoms with van der Waals surface area (Å²) >= 11 is 0. The van der Waals surface area contributed by atoms with Crippen LogP contribution in [-0.2, 0) is 10.1 Å². The van der Waals surface area contributed by atoms with Crippen LogP contribution in [0.3, 0.4) is 0 Å². The van der Waals surface area contributed by atoms with Crippen molar-refractivity contribution in [2.75, 3.05) is 5.75 Å². The summed E-state index contributed by atoms with van der Waals surface area (Å²) in [6, 6.07) is 5.77. The fourth-order valence-electron chi connectivity index (χ4n) is 2.66. The van der Waals surface area contributed by atoms with E-state index in [4.69, 9.17) is 9.29 Å². The minimum absolute atomic E-state index is 0.0859. The van der Waals surface area contributed by atoms with Crippen LogP contribution in [0.1, 0.15) is 81.5 Å². The molecule has 0 amide bonds. The van der Waals surface area contributed by atoms with E-state index in [-0.39, 0.29) is 17.1 Å². The van der Waals surface area contributed by atoms with Gasteiger partial charge in [0.2, 0.25) is 0 Å². The van der Waals surface area contributed by atoms with Gasteiger partial charge in [0, 0.05) is 0 Å². The molecule has 0 radical (unpaired) electrons. The van der Waals surface area contributed by atoms with E-state index < -0.39 is 16.1 Å². The van der Waals surface area contributed by atoms with Crippen LogP contribution in [-0.4, -0.2) is 25.2 Å². The molecule has 0 spiro atoms. The first kappa shape index (κ1) is 21.5. The van der Waals surface area contributed by atoms with Gasteiger partial charge in [-0.3, -0.25) is 0 Å². The molecule has 1 rings (SSSR count). The van der Waals surface area contributed by atoms with Gasteiger partial charge in [-0.2, -0.15) is 8.42 Å². The number of unbranched alkanes of at least 4 members (excludes halogenated alkanes) is 9. The molecule has 6 heteroatoms. The minimum Gasteiger partial charge on any atom is -0.478 e. The van der Waals surface area contributed by atoms with Gasteiger partial charge in [-0.05, 0) is 18.6 Å². The zero-order valence-electron chi connectivity index (χ0n) is 15.1. The third kappa shape index (κ3) is 9.48. The number of hydrogen-bond acceptors (Lipinski definition) is 4. The highest BCUT2D eigenvalue weighted by atomic mass is 32.2. The van der Waals surface area contributed by atoms with Crippen molar-refractivity contribution in [1.29, 1.82) is 0 Å². The van der Waals surface area contributed by atoms with E-state index in [0.717, 1.165) is 19.3 Å². The zero-order valence-corrected chi connectivity index (χ0v) is 15.9. The maximum Gasteiger partial charge on any atom is 0.339 e. The molecule has 0 saturated carbocycles. The Balaban J connectivity index is 2.23. The molecule has 25 heavy (non-hydrogen) atoms. The summed E-state index contributed by atoms with van der Waals surface area (Å²) in [5.74, 6) is -1.41. The van der Waals surface area contributed by atoms with E-state index >= 15 is 0 Å². The van der Waals surface area contributed by atoms with E-state index in [0.29, 0.717) is 6.42 Å². The zero-order chi connectivity index (χ0) is 18.5. The van der Waals surface area contributed by atoms with Crippen molar-refractivity contribution in [3.8, 4) is 5.75 Å². The van der Waals surface area contributed by atoms with Crippen molar-refractivity contribution in [3.63, 3.8) is 0 Å². The lowest BCUT2D eigenvalue weighted by Gasteiger charge is -2.09. The number of carboxylic acid groups (broad SMARTS) is 1. The fraction of sp³-hybridized carbons (Fsp3) is 0.632. The molecule has 1 N–H and O–H groups in total. The topological polar surface area (TPSA) is 80.7 Å². The fourth-order valence-corrected chi connectivity index (χ4v) is 3.72. The van der Waals surface area contributed by atoms with E-state index in [1.165, 1.54) is 56.7 Å². The summed E-state index contributed by atoms with van der Waals surface area (Å²) in [6.45, 7) is 2.21. The normalized spacial score (nSPS) is 11.4. The summed E-state index contributed by atoms with van der Waals surface area (Å²) < 4.78 is 29.0. The second-order valence-electron chi connectivity index (χ2n) is 6.33. The lowest BCUT2D eigenvalue weighted by molar-refractivity contribution is 0.0695. The van der Waals surface area contributed by atoms with Gasteiger partial charge in [-0.25, -0.2) is 4.79 Å². The van der Waals surface area contributed by atoms with Gasteiger partial charge in [-0.1, -0.05) is 76.8 Å². The summed E-state index contributed by atoms with van der Waals surface area (Å²) in [5.41, 5.74) is -0.144. The average molecular weight is 371 g/mol. The van der Waals surface area contributed by atoms with E-state index in [1.54, 1.807) is 6.07 Å². The standard InChI is InChI=1S/C19H30O5S/c1-2-3-4-5-6-7-8-9-10-13-16-25(22,23)24-18-15-12-11-14-17(18)19(20)21/h11-12,14-15H,2-10,13,16H2,1H3,(H,20,21). The Bertz CT molecular complexity index is 610. The molecular formula is C19H30O5S. The van der Waals surface area contributed by atoms with Crippen molar-refractivity contribution < 1.29 is 22.5 Å². The Morgan fingerprint density at radius 1 is 0.920 bits per heavy atom. The number of hydrogen-bond donors (Lipinski definition) is 1. The first-order valence-corrected chi connectivity index (χ1v) is 10.8. The monoisotopic (exact) mass is 370 g/mol. The maximum atomic E-state index is 12.0. The summed E-state index contributed by atoms with van der Waals surface area (Å²) in [6.07, 6.45) is 11.2. The van der Waals surface area contributed by atoms with Crippen molar-refractivity contribution in [2.45, 2.75) is 71.1 Å². The van der Waals surface area contributed by atoms with Crippen molar-refractivity contribution in [2.24, 2.45) is 0 Å². The number of para-hydroxylation sites is 1. The van der Waals surface area contributed by atoms with Crippen molar-refractivity contribution in [3.05, 3.63) is 29.8 Å². The molecule has 1 aromatic rings. The van der Waals surface area contributed by atoms with Crippen LogP contribution in [0.15, 0.2) is 24.3 Å². The highest BCUT2D eigenvalue weighted by Crippen LogP contribution is 2.20. The van der Waals surface area contributed by atoms with Gasteiger partial charge >= 0.3 is 16.1 Å². The van der Waals surface area contributed by atoms with Gasteiger partial charge in [0.15, 0.2) is 5.75 Å². The van der Waals surface area contributed by atoms with Gasteiger partial charge in [0.25, 0.3) is 0 Å². The molecule has 0 aromatic heterocycles. The molecule has 142 valence electrons. The summed E-state index contributed by atoms with van der Waals surface area (Å²) in [4.78, 5) is 11.1. The summed E-state index contributed by atoms with van der Waals surface area (Å²) in [7, 11) is -3.76. The van der Waals surface area contributed by atoms with E-state index in [9.17, 15) is 13.2 Å².